The van der Waals surface area contributed by atoms with Crippen molar-refractivity contribution in [1.29, 1.82) is 0 Å². The Morgan fingerprint density at radius 2 is 1.93 bits per heavy atom. The summed E-state index contributed by atoms with van der Waals surface area (Å²) in [4.78, 5) is 49.4. The summed E-state index contributed by atoms with van der Waals surface area (Å²) < 4.78 is 52.2. The highest BCUT2D eigenvalue weighted by Gasteiger charge is 2.39. The Bertz CT molecular complexity index is 1040. The number of phosphoric ester groups is 1. The summed E-state index contributed by atoms with van der Waals surface area (Å²) >= 11 is 0. The van der Waals surface area contributed by atoms with Crippen LogP contribution in [0.1, 0.15) is 12.5 Å². The molecule has 0 saturated carbocycles. The van der Waals surface area contributed by atoms with Crippen molar-refractivity contribution in [2.24, 2.45) is 0 Å². The van der Waals surface area contributed by atoms with Gasteiger partial charge in [-0.05, 0) is 6.42 Å². The molecule has 5 atom stereocenters. The predicted octanol–water partition coefficient (Wildman–Crippen LogP) is -0.550. The minimum Gasteiger partial charge on any atom is -0.756 e. The second kappa shape index (κ2) is 8.10. The number of aromatic nitrogens is 4. The highest BCUT2D eigenvalue weighted by atomic mass is 31.3. The van der Waals surface area contributed by atoms with Crippen LogP contribution in [-0.2, 0) is 31.6 Å². The fraction of sp³-hybridized carbons (Fsp3) is 0.500. The van der Waals surface area contributed by atoms with Crippen molar-refractivity contribution in [3.8, 4) is 0 Å². The highest BCUT2D eigenvalue weighted by molar-refractivity contribution is 7.66. The van der Waals surface area contributed by atoms with Crippen LogP contribution in [0.25, 0.3) is 11.2 Å². The minimum atomic E-state index is -5.70. The summed E-state index contributed by atoms with van der Waals surface area (Å²) in [5.41, 5.74) is 6.59. The molecule has 3 unspecified atom stereocenters. The lowest BCUT2D eigenvalue weighted by atomic mass is 10.2. The van der Waals surface area contributed by atoms with Gasteiger partial charge in [0.15, 0.2) is 11.5 Å². The Balaban J connectivity index is 1.58. The first-order valence-electron chi connectivity index (χ1n) is 7.66. The fourth-order valence-corrected chi connectivity index (χ4v) is 5.63. The van der Waals surface area contributed by atoms with Gasteiger partial charge >= 0.3 is 15.6 Å². The Kier molecular flexibility index (Phi) is 6.26. The van der Waals surface area contributed by atoms with E-state index >= 15 is 0 Å². The topological polar surface area (TPSA) is 241 Å². The number of anilines is 1. The molecule has 0 bridgehead atoms. The zero-order chi connectivity index (χ0) is 21.4. The molecule has 19 heteroatoms. The zero-order valence-corrected chi connectivity index (χ0v) is 16.9. The number of nitrogens with zero attached hydrogens (tertiary/aromatic N) is 4. The molecule has 2 aromatic rings. The summed E-state index contributed by atoms with van der Waals surface area (Å²) in [7, 11) is -16.5. The molecule has 3 rings (SSSR count). The first-order chi connectivity index (χ1) is 13.4. The standard InChI is InChI=1S/C10H16N5O11P3/c11-9-8-10(13-4-12-9)15(5-14-8)6-1-7(23-2-6)3-24-28(19,20)26-29(21,22)25-27(16,17)18/h4-7H,1-3H2,(H,19,20)(H,21,22)(H2,11,12,13)(H2,16,17,18)/p-1/t6-,7-/m0/s1. The molecule has 0 spiro atoms. The zero-order valence-electron chi connectivity index (χ0n) is 14.2. The van der Waals surface area contributed by atoms with E-state index in [1.165, 1.54) is 12.7 Å². The lowest BCUT2D eigenvalue weighted by Crippen LogP contribution is -2.14. The van der Waals surface area contributed by atoms with Crippen molar-refractivity contribution in [3.05, 3.63) is 12.7 Å². The van der Waals surface area contributed by atoms with Crippen LogP contribution in [0.2, 0.25) is 0 Å². The van der Waals surface area contributed by atoms with Gasteiger partial charge in [0, 0.05) is 0 Å². The van der Waals surface area contributed by atoms with Gasteiger partial charge in [-0.25, -0.2) is 28.4 Å². The molecule has 1 saturated heterocycles. The quantitative estimate of drug-likeness (QED) is 0.351. The van der Waals surface area contributed by atoms with E-state index in [1.54, 1.807) is 4.57 Å². The van der Waals surface area contributed by atoms with Gasteiger partial charge in [-0.15, -0.1) is 0 Å². The van der Waals surface area contributed by atoms with Crippen LogP contribution in [0.3, 0.4) is 0 Å². The third-order valence-corrected chi connectivity index (χ3v) is 7.45. The number of hydrogen-bond acceptors (Lipinski definition) is 12. The van der Waals surface area contributed by atoms with E-state index in [4.69, 9.17) is 20.3 Å². The maximum absolute atomic E-state index is 11.7. The number of ether oxygens (including phenoxy) is 1. The maximum Gasteiger partial charge on any atom is 0.487 e. The molecule has 16 nitrogen and oxygen atoms in total. The average molecular weight is 474 g/mol. The van der Waals surface area contributed by atoms with Crippen LogP contribution < -0.4 is 10.6 Å². The molecule has 2 aromatic heterocycles. The molecule has 1 aliphatic rings. The highest BCUT2D eigenvalue weighted by Crippen LogP contribution is 2.65. The molecule has 162 valence electrons. The van der Waals surface area contributed by atoms with E-state index in [9.17, 15) is 23.5 Å². The summed E-state index contributed by atoms with van der Waals surface area (Å²) in [6, 6.07) is -0.269. The number of nitrogen functional groups attached to an aromatic ring is 1. The van der Waals surface area contributed by atoms with Gasteiger partial charge in [-0.1, -0.05) is 0 Å². The van der Waals surface area contributed by atoms with Crippen LogP contribution in [0, 0.1) is 0 Å². The third kappa shape index (κ3) is 5.87. The van der Waals surface area contributed by atoms with Gasteiger partial charge in [0.05, 0.1) is 31.7 Å². The van der Waals surface area contributed by atoms with Crippen LogP contribution in [0.15, 0.2) is 12.7 Å². The van der Waals surface area contributed by atoms with E-state index < -0.39 is 36.2 Å². The maximum atomic E-state index is 11.7. The normalized spacial score (nSPS) is 26.1. The number of imidazole rings is 1. The van der Waals surface area contributed by atoms with Crippen LogP contribution in [0.4, 0.5) is 5.82 Å². The lowest BCUT2D eigenvalue weighted by molar-refractivity contribution is -0.212. The summed E-state index contributed by atoms with van der Waals surface area (Å²) in [6.45, 7) is -0.367. The number of fused-ring (bicyclic) bond motifs is 1. The second-order valence-electron chi connectivity index (χ2n) is 5.79. The molecule has 0 radical (unpaired) electrons. The summed E-state index contributed by atoms with van der Waals surface area (Å²) in [5, 5.41) is 0. The first-order valence-corrected chi connectivity index (χ1v) is 12.1. The van der Waals surface area contributed by atoms with Gasteiger partial charge in [0.25, 0.3) is 7.82 Å². The largest absolute Gasteiger partial charge is 0.756 e. The third-order valence-electron chi connectivity index (χ3n) is 3.68. The van der Waals surface area contributed by atoms with E-state index in [0.717, 1.165) is 0 Å². The Morgan fingerprint density at radius 1 is 1.21 bits per heavy atom. The molecule has 29 heavy (non-hydrogen) atoms. The van der Waals surface area contributed by atoms with Gasteiger partial charge < -0.3 is 34.6 Å². The second-order valence-corrected chi connectivity index (χ2v) is 10.2. The van der Waals surface area contributed by atoms with Crippen LogP contribution in [-0.4, -0.2) is 53.5 Å². The summed E-state index contributed by atoms with van der Waals surface area (Å²) in [6.07, 6.45) is 2.33. The lowest BCUT2D eigenvalue weighted by Gasteiger charge is -2.21. The molecule has 1 fully saturated rings. The monoisotopic (exact) mass is 474 g/mol. The fourth-order valence-electron chi connectivity index (χ4n) is 2.61. The van der Waals surface area contributed by atoms with Crippen molar-refractivity contribution in [1.82, 2.24) is 19.5 Å². The number of nitrogens with two attached hydrogens (primary N) is 1. The van der Waals surface area contributed by atoms with Gasteiger partial charge in [-0.2, -0.15) is 4.31 Å². The minimum absolute atomic E-state index is 0.172. The van der Waals surface area contributed by atoms with Crippen molar-refractivity contribution in [2.75, 3.05) is 18.9 Å². The number of phosphoric acid groups is 3. The van der Waals surface area contributed by atoms with Gasteiger partial charge in [0.2, 0.25) is 0 Å². The predicted molar refractivity (Wildman–Crippen MR) is 90.7 cm³/mol. The molecule has 3 heterocycles. The molecule has 5 N–H and O–H groups in total. The van der Waals surface area contributed by atoms with E-state index in [2.05, 4.69) is 28.1 Å². The smallest absolute Gasteiger partial charge is 0.487 e. The van der Waals surface area contributed by atoms with E-state index in [0.29, 0.717) is 11.2 Å². The van der Waals surface area contributed by atoms with Crippen molar-refractivity contribution < 1.29 is 51.2 Å². The van der Waals surface area contributed by atoms with Crippen molar-refractivity contribution >= 4 is 40.4 Å². The molecule has 1 aliphatic heterocycles. The molecular weight excluding hydrogens is 459 g/mol. The molecule has 0 aromatic carbocycles. The average Bonchev–Trinajstić information content (AvgIpc) is 3.16. The number of rotatable bonds is 8. The Labute approximate surface area is 162 Å². The Morgan fingerprint density at radius 3 is 2.62 bits per heavy atom. The van der Waals surface area contributed by atoms with E-state index in [1.807, 2.05) is 0 Å². The number of hydrogen-bond donors (Lipinski definition) is 4. The molecule has 0 aliphatic carbocycles. The first kappa shape index (κ1) is 22.4. The summed E-state index contributed by atoms with van der Waals surface area (Å²) in [5.74, 6) is 0.201. The van der Waals surface area contributed by atoms with Gasteiger partial charge in [-0.3, -0.25) is 9.09 Å². The van der Waals surface area contributed by atoms with Gasteiger partial charge in [0.1, 0.15) is 11.8 Å². The Hall–Kier alpha value is -1.28. The molecular formula is C10H15N5O11P3-. The van der Waals surface area contributed by atoms with Crippen molar-refractivity contribution in [2.45, 2.75) is 18.6 Å². The molecule has 0 amide bonds. The van der Waals surface area contributed by atoms with Crippen LogP contribution >= 0.6 is 23.5 Å². The van der Waals surface area contributed by atoms with E-state index in [-0.39, 0.29) is 24.9 Å². The van der Waals surface area contributed by atoms with Crippen molar-refractivity contribution in [3.63, 3.8) is 0 Å². The van der Waals surface area contributed by atoms with Crippen LogP contribution in [0.5, 0.6) is 0 Å². The SMILES string of the molecule is Nc1ncnc2c1ncn2[C@@H]1CO[C@H](COP(=O)(O)OP(=O)(O)OP(=O)([O-])O)C1.